The fourth-order valence-corrected chi connectivity index (χ4v) is 3.33. The van der Waals surface area contributed by atoms with Crippen LogP contribution in [0.2, 0.25) is 0 Å². The van der Waals surface area contributed by atoms with Crippen LogP contribution in [0.4, 0.5) is 4.39 Å². The molecule has 1 heterocycles. The van der Waals surface area contributed by atoms with Crippen LogP contribution in [0.3, 0.4) is 0 Å². The van der Waals surface area contributed by atoms with E-state index in [9.17, 15) is 17.9 Å². The summed E-state index contributed by atoms with van der Waals surface area (Å²) in [6.07, 6.45) is -1.72. The number of alkyl halides is 1. The monoisotopic (exact) mass is 304 g/mol. The summed E-state index contributed by atoms with van der Waals surface area (Å²) in [6.45, 7) is 6.65. The Hall–Kier alpha value is -1.05. The van der Waals surface area contributed by atoms with E-state index in [1.165, 1.54) is 18.3 Å². The van der Waals surface area contributed by atoms with E-state index in [2.05, 4.69) is 9.71 Å². The molecule has 0 fully saturated rings. The van der Waals surface area contributed by atoms with Crippen molar-refractivity contribution in [1.82, 2.24) is 9.71 Å². The summed E-state index contributed by atoms with van der Waals surface area (Å²) in [7, 11) is -3.87. The molecule has 0 aliphatic heterocycles. The van der Waals surface area contributed by atoms with Gasteiger partial charge in [0.15, 0.2) is 0 Å². The summed E-state index contributed by atoms with van der Waals surface area (Å²) in [5, 5.41) is 9.90. The molecule has 2 unspecified atom stereocenters. The first-order valence-corrected chi connectivity index (χ1v) is 7.88. The Balaban J connectivity index is 3.26. The lowest BCUT2D eigenvalue weighted by molar-refractivity contribution is 0.0695. The number of hydrogen-bond donors (Lipinski definition) is 2. The van der Waals surface area contributed by atoms with Crippen molar-refractivity contribution in [2.45, 2.75) is 56.8 Å². The SMILES string of the molecule is CCC(F)C(O)c1ncccc1S(=O)(=O)NC(C)(C)C. The quantitative estimate of drug-likeness (QED) is 0.871. The molecule has 0 saturated carbocycles. The number of nitrogens with one attached hydrogen (secondary N) is 1. The highest BCUT2D eigenvalue weighted by molar-refractivity contribution is 7.89. The van der Waals surface area contributed by atoms with Crippen molar-refractivity contribution in [2.75, 3.05) is 0 Å². The van der Waals surface area contributed by atoms with E-state index in [0.29, 0.717) is 0 Å². The minimum Gasteiger partial charge on any atom is -0.384 e. The first-order chi connectivity index (χ1) is 9.08. The molecule has 1 rings (SSSR count). The average molecular weight is 304 g/mol. The normalized spacial score (nSPS) is 15.9. The summed E-state index contributed by atoms with van der Waals surface area (Å²) < 4.78 is 40.7. The van der Waals surface area contributed by atoms with Gasteiger partial charge in [-0.3, -0.25) is 4.98 Å². The Morgan fingerprint density at radius 1 is 1.45 bits per heavy atom. The Labute approximate surface area is 119 Å². The van der Waals surface area contributed by atoms with Crippen molar-refractivity contribution in [3.63, 3.8) is 0 Å². The predicted molar refractivity (Wildman–Crippen MR) is 74.5 cm³/mol. The maximum absolute atomic E-state index is 13.6. The molecule has 0 aliphatic carbocycles. The van der Waals surface area contributed by atoms with Gasteiger partial charge in [0.05, 0.1) is 5.69 Å². The number of nitrogens with zero attached hydrogens (tertiary/aromatic N) is 1. The summed E-state index contributed by atoms with van der Waals surface area (Å²) >= 11 is 0. The highest BCUT2D eigenvalue weighted by Gasteiger charge is 2.30. The standard InChI is InChI=1S/C13H21FN2O3S/c1-5-9(14)12(17)11-10(7-6-8-15-11)20(18,19)16-13(2,3)4/h6-9,12,16-17H,5H2,1-4H3. The van der Waals surface area contributed by atoms with Gasteiger partial charge in [0.2, 0.25) is 10.0 Å². The maximum Gasteiger partial charge on any atom is 0.242 e. The zero-order chi connectivity index (χ0) is 15.6. The van der Waals surface area contributed by atoms with Gasteiger partial charge in [-0.1, -0.05) is 6.92 Å². The zero-order valence-corrected chi connectivity index (χ0v) is 12.9. The Morgan fingerprint density at radius 2 is 2.05 bits per heavy atom. The lowest BCUT2D eigenvalue weighted by Crippen LogP contribution is -2.41. The Bertz CT molecular complexity index is 555. The molecular formula is C13H21FN2O3S. The van der Waals surface area contributed by atoms with E-state index in [-0.39, 0.29) is 17.0 Å². The van der Waals surface area contributed by atoms with Gasteiger partial charge in [0.1, 0.15) is 17.2 Å². The van der Waals surface area contributed by atoms with Crippen LogP contribution < -0.4 is 4.72 Å². The molecule has 7 heteroatoms. The highest BCUT2D eigenvalue weighted by atomic mass is 32.2. The molecule has 0 aromatic carbocycles. The number of halogens is 1. The lowest BCUT2D eigenvalue weighted by Gasteiger charge is -2.22. The van der Waals surface area contributed by atoms with Crippen molar-refractivity contribution >= 4 is 10.0 Å². The van der Waals surface area contributed by atoms with Crippen LogP contribution in [-0.2, 0) is 10.0 Å². The molecule has 20 heavy (non-hydrogen) atoms. The Morgan fingerprint density at radius 3 is 2.55 bits per heavy atom. The van der Waals surface area contributed by atoms with E-state index in [1.807, 2.05) is 0 Å². The van der Waals surface area contributed by atoms with Gasteiger partial charge in [-0.05, 0) is 39.3 Å². The third-order valence-corrected chi connectivity index (χ3v) is 4.35. The zero-order valence-electron chi connectivity index (χ0n) is 12.1. The number of hydrogen-bond acceptors (Lipinski definition) is 4. The minimum atomic E-state index is -3.87. The molecule has 1 aromatic heterocycles. The third kappa shape index (κ3) is 4.22. The molecule has 0 radical (unpaired) electrons. The molecule has 0 saturated heterocycles. The molecule has 1 aromatic rings. The van der Waals surface area contributed by atoms with Crippen LogP contribution in [-0.4, -0.2) is 30.2 Å². The minimum absolute atomic E-state index is 0.0733. The van der Waals surface area contributed by atoms with Crippen molar-refractivity contribution in [3.05, 3.63) is 24.0 Å². The number of aliphatic hydroxyl groups excluding tert-OH is 1. The van der Waals surface area contributed by atoms with E-state index < -0.39 is 27.8 Å². The van der Waals surface area contributed by atoms with Gasteiger partial charge < -0.3 is 5.11 Å². The van der Waals surface area contributed by atoms with Crippen LogP contribution in [0, 0.1) is 0 Å². The summed E-state index contributed by atoms with van der Waals surface area (Å²) in [5.74, 6) is 0. The lowest BCUT2D eigenvalue weighted by atomic mass is 10.1. The second-order valence-electron chi connectivity index (χ2n) is 5.61. The number of aliphatic hydroxyl groups is 1. The van der Waals surface area contributed by atoms with E-state index >= 15 is 0 Å². The van der Waals surface area contributed by atoms with Gasteiger partial charge in [0, 0.05) is 11.7 Å². The van der Waals surface area contributed by atoms with Crippen LogP contribution in [0.1, 0.15) is 45.9 Å². The highest BCUT2D eigenvalue weighted by Crippen LogP contribution is 2.26. The van der Waals surface area contributed by atoms with Crippen LogP contribution in [0.15, 0.2) is 23.2 Å². The Kier molecular flexibility index (Phi) is 5.23. The fraction of sp³-hybridized carbons (Fsp3) is 0.615. The van der Waals surface area contributed by atoms with Crippen LogP contribution in [0.5, 0.6) is 0 Å². The van der Waals surface area contributed by atoms with Crippen molar-refractivity contribution < 1.29 is 17.9 Å². The van der Waals surface area contributed by atoms with Crippen molar-refractivity contribution in [1.29, 1.82) is 0 Å². The molecule has 2 N–H and O–H groups in total. The van der Waals surface area contributed by atoms with Gasteiger partial charge in [-0.15, -0.1) is 0 Å². The van der Waals surface area contributed by atoms with Crippen LogP contribution in [0.25, 0.3) is 0 Å². The molecule has 5 nitrogen and oxygen atoms in total. The van der Waals surface area contributed by atoms with Gasteiger partial charge in [0.25, 0.3) is 0 Å². The average Bonchev–Trinajstić information content (AvgIpc) is 2.34. The maximum atomic E-state index is 13.6. The topological polar surface area (TPSA) is 79.3 Å². The first kappa shape index (κ1) is 17.0. The largest absolute Gasteiger partial charge is 0.384 e. The van der Waals surface area contributed by atoms with E-state index in [1.54, 1.807) is 27.7 Å². The van der Waals surface area contributed by atoms with E-state index in [4.69, 9.17) is 0 Å². The molecule has 0 spiro atoms. The molecule has 0 bridgehead atoms. The molecule has 0 amide bonds. The van der Waals surface area contributed by atoms with Crippen molar-refractivity contribution in [3.8, 4) is 0 Å². The molecule has 0 aliphatic rings. The number of aromatic nitrogens is 1. The van der Waals surface area contributed by atoms with Gasteiger partial charge >= 0.3 is 0 Å². The van der Waals surface area contributed by atoms with Gasteiger partial charge in [-0.25, -0.2) is 17.5 Å². The summed E-state index contributed by atoms with van der Waals surface area (Å²) in [5.41, 5.74) is -0.852. The number of rotatable bonds is 5. The predicted octanol–water partition coefficient (Wildman–Crippen LogP) is 1.94. The second-order valence-corrected chi connectivity index (χ2v) is 7.26. The first-order valence-electron chi connectivity index (χ1n) is 6.39. The number of pyridine rings is 1. The summed E-state index contributed by atoms with van der Waals surface area (Å²) in [6, 6.07) is 2.74. The second kappa shape index (κ2) is 6.15. The smallest absolute Gasteiger partial charge is 0.242 e. The van der Waals surface area contributed by atoms with Crippen molar-refractivity contribution in [2.24, 2.45) is 0 Å². The molecule has 114 valence electrons. The summed E-state index contributed by atoms with van der Waals surface area (Å²) in [4.78, 5) is 3.64. The fourth-order valence-electron chi connectivity index (χ4n) is 1.70. The molecular weight excluding hydrogens is 283 g/mol. The number of sulfonamides is 1. The van der Waals surface area contributed by atoms with Crippen LogP contribution >= 0.6 is 0 Å². The third-order valence-electron chi connectivity index (χ3n) is 2.54. The van der Waals surface area contributed by atoms with Gasteiger partial charge in [-0.2, -0.15) is 0 Å². The molecule has 2 atom stereocenters. The van der Waals surface area contributed by atoms with E-state index in [0.717, 1.165) is 0 Å².